The van der Waals surface area contributed by atoms with Gasteiger partial charge in [0.2, 0.25) is 10.0 Å². The highest BCUT2D eigenvalue weighted by Gasteiger charge is 2.12. The fourth-order valence-corrected chi connectivity index (χ4v) is 3.77. The van der Waals surface area contributed by atoms with Crippen molar-refractivity contribution in [3.05, 3.63) is 66.5 Å². The lowest BCUT2D eigenvalue weighted by atomic mass is 10.3. The molecule has 0 fully saturated rings. The fraction of sp³-hybridized carbons (Fsp3) is 0.200. The molecular formula is C20H22N4O4S. The lowest BCUT2D eigenvalue weighted by Gasteiger charge is -2.08. The van der Waals surface area contributed by atoms with Gasteiger partial charge in [-0.25, -0.2) is 13.1 Å². The summed E-state index contributed by atoms with van der Waals surface area (Å²) in [6.07, 6.45) is 2.23. The SMILES string of the molecule is CCCS(=O)(=O)Nc1ccc(NC(=O)c2ccn(-c3ccc(OC)cc3)n2)cc1. The first-order chi connectivity index (χ1) is 13.9. The molecule has 1 aromatic heterocycles. The smallest absolute Gasteiger partial charge is 0.276 e. The Bertz CT molecular complexity index is 1070. The summed E-state index contributed by atoms with van der Waals surface area (Å²) in [5.74, 6) is 0.429. The van der Waals surface area contributed by atoms with Crippen LogP contribution in [0.3, 0.4) is 0 Å². The summed E-state index contributed by atoms with van der Waals surface area (Å²) in [7, 11) is -1.75. The number of anilines is 2. The van der Waals surface area contributed by atoms with Gasteiger partial charge in [-0.2, -0.15) is 5.10 Å². The van der Waals surface area contributed by atoms with Crippen molar-refractivity contribution < 1.29 is 17.9 Å². The van der Waals surface area contributed by atoms with Crippen molar-refractivity contribution in [2.75, 3.05) is 22.9 Å². The van der Waals surface area contributed by atoms with E-state index in [2.05, 4.69) is 15.1 Å². The molecule has 0 radical (unpaired) electrons. The maximum atomic E-state index is 12.4. The Morgan fingerprint density at radius 1 is 1.03 bits per heavy atom. The van der Waals surface area contributed by atoms with Crippen LogP contribution in [0.5, 0.6) is 5.75 Å². The number of methoxy groups -OCH3 is 1. The van der Waals surface area contributed by atoms with Crippen molar-refractivity contribution in [3.63, 3.8) is 0 Å². The Hall–Kier alpha value is -3.33. The second kappa shape index (κ2) is 8.78. The first-order valence-electron chi connectivity index (χ1n) is 9.02. The summed E-state index contributed by atoms with van der Waals surface area (Å²) in [5, 5.41) is 7.04. The number of aromatic nitrogens is 2. The lowest BCUT2D eigenvalue weighted by molar-refractivity contribution is 0.102. The number of benzene rings is 2. The van der Waals surface area contributed by atoms with Crippen LogP contribution in [0.1, 0.15) is 23.8 Å². The standard InChI is InChI=1S/C20H22N4O4S/c1-3-14-29(26,27)23-16-6-4-15(5-7-16)21-20(25)19-12-13-24(22-19)17-8-10-18(28-2)11-9-17/h4-13,23H,3,14H2,1-2H3,(H,21,25). The van der Waals surface area contributed by atoms with Crippen molar-refractivity contribution in [1.82, 2.24) is 9.78 Å². The van der Waals surface area contributed by atoms with Crippen LogP contribution in [0.4, 0.5) is 11.4 Å². The molecule has 2 N–H and O–H groups in total. The Morgan fingerprint density at radius 3 is 2.31 bits per heavy atom. The minimum absolute atomic E-state index is 0.0579. The molecule has 0 aliphatic heterocycles. The van der Waals surface area contributed by atoms with Crippen molar-refractivity contribution in [1.29, 1.82) is 0 Å². The maximum Gasteiger partial charge on any atom is 0.276 e. The number of hydrogen-bond donors (Lipinski definition) is 2. The average molecular weight is 414 g/mol. The lowest BCUT2D eigenvalue weighted by Crippen LogP contribution is -2.16. The van der Waals surface area contributed by atoms with Gasteiger partial charge in [0.25, 0.3) is 5.91 Å². The number of hydrogen-bond acceptors (Lipinski definition) is 5. The molecule has 3 aromatic rings. The molecule has 8 nitrogen and oxygen atoms in total. The molecule has 0 aliphatic carbocycles. The topological polar surface area (TPSA) is 102 Å². The van der Waals surface area contributed by atoms with Crippen LogP contribution in [-0.2, 0) is 10.0 Å². The van der Waals surface area contributed by atoms with Gasteiger partial charge in [-0.15, -0.1) is 0 Å². The zero-order valence-corrected chi connectivity index (χ0v) is 16.9. The van der Waals surface area contributed by atoms with Gasteiger partial charge in [0, 0.05) is 17.6 Å². The first kappa shape index (κ1) is 20.4. The van der Waals surface area contributed by atoms with E-state index in [0.717, 1.165) is 11.4 Å². The van der Waals surface area contributed by atoms with Gasteiger partial charge in [0.1, 0.15) is 5.75 Å². The summed E-state index contributed by atoms with van der Waals surface area (Å²) in [5.41, 5.74) is 2.04. The molecule has 0 saturated heterocycles. The molecule has 152 valence electrons. The van der Waals surface area contributed by atoms with Crippen LogP contribution in [0.15, 0.2) is 60.8 Å². The molecule has 3 rings (SSSR count). The van der Waals surface area contributed by atoms with Crippen LogP contribution < -0.4 is 14.8 Å². The largest absolute Gasteiger partial charge is 0.497 e. The van der Waals surface area contributed by atoms with Gasteiger partial charge in [-0.1, -0.05) is 6.92 Å². The minimum atomic E-state index is -3.35. The van der Waals surface area contributed by atoms with Crippen molar-refractivity contribution in [2.24, 2.45) is 0 Å². The molecule has 0 aliphatic rings. The highest BCUT2D eigenvalue weighted by atomic mass is 32.2. The van der Waals surface area contributed by atoms with Crippen molar-refractivity contribution >= 4 is 27.3 Å². The molecule has 9 heteroatoms. The number of carbonyl (C=O) groups is 1. The van der Waals surface area contributed by atoms with E-state index in [0.29, 0.717) is 17.8 Å². The summed E-state index contributed by atoms with van der Waals surface area (Å²) in [6, 6.07) is 15.4. The monoisotopic (exact) mass is 414 g/mol. The van der Waals surface area contributed by atoms with Gasteiger partial charge in [0.05, 0.1) is 18.6 Å². The van der Waals surface area contributed by atoms with Gasteiger partial charge in [-0.3, -0.25) is 9.52 Å². The number of amides is 1. The van der Waals surface area contributed by atoms with E-state index in [1.54, 1.807) is 55.2 Å². The molecular weight excluding hydrogens is 392 g/mol. The van der Waals surface area contributed by atoms with Crippen molar-refractivity contribution in [2.45, 2.75) is 13.3 Å². The number of nitrogens with one attached hydrogen (secondary N) is 2. The molecule has 1 heterocycles. The second-order valence-corrected chi connectivity index (χ2v) is 8.14. The van der Waals surface area contributed by atoms with E-state index in [1.807, 2.05) is 24.3 Å². The van der Waals surface area contributed by atoms with Crippen molar-refractivity contribution in [3.8, 4) is 11.4 Å². The zero-order chi connectivity index (χ0) is 20.9. The van der Waals surface area contributed by atoms with Crippen LogP contribution in [-0.4, -0.2) is 37.0 Å². The van der Waals surface area contributed by atoms with E-state index in [-0.39, 0.29) is 17.4 Å². The molecule has 2 aromatic carbocycles. The Kier molecular flexibility index (Phi) is 6.18. The van der Waals surface area contributed by atoms with Crippen LogP contribution >= 0.6 is 0 Å². The number of nitrogens with zero attached hydrogens (tertiary/aromatic N) is 2. The maximum absolute atomic E-state index is 12.4. The summed E-state index contributed by atoms with van der Waals surface area (Å²) in [6.45, 7) is 1.80. The predicted molar refractivity (Wildman–Crippen MR) is 112 cm³/mol. The molecule has 0 unspecified atom stereocenters. The summed E-state index contributed by atoms with van der Waals surface area (Å²) >= 11 is 0. The van der Waals surface area contributed by atoms with Crippen LogP contribution in [0, 0.1) is 0 Å². The quantitative estimate of drug-likeness (QED) is 0.589. The molecule has 0 bridgehead atoms. The third-order valence-corrected chi connectivity index (χ3v) is 5.54. The molecule has 0 atom stereocenters. The van der Waals surface area contributed by atoms with Gasteiger partial charge in [0.15, 0.2) is 5.69 Å². The third kappa shape index (κ3) is 5.35. The van der Waals surface area contributed by atoms with Gasteiger partial charge in [-0.05, 0) is 61.0 Å². The second-order valence-electron chi connectivity index (χ2n) is 6.30. The first-order valence-corrected chi connectivity index (χ1v) is 10.7. The Morgan fingerprint density at radius 2 is 1.69 bits per heavy atom. The van der Waals surface area contributed by atoms with Crippen LogP contribution in [0.25, 0.3) is 5.69 Å². The number of ether oxygens (including phenoxy) is 1. The van der Waals surface area contributed by atoms with Crippen LogP contribution in [0.2, 0.25) is 0 Å². The van der Waals surface area contributed by atoms with E-state index < -0.39 is 10.0 Å². The Balaban J connectivity index is 1.65. The average Bonchev–Trinajstić information content (AvgIpc) is 3.19. The van der Waals surface area contributed by atoms with Gasteiger partial charge < -0.3 is 10.1 Å². The Labute approximate surface area is 169 Å². The molecule has 0 saturated carbocycles. The molecule has 1 amide bonds. The molecule has 29 heavy (non-hydrogen) atoms. The molecule has 0 spiro atoms. The van der Waals surface area contributed by atoms with E-state index >= 15 is 0 Å². The highest BCUT2D eigenvalue weighted by molar-refractivity contribution is 7.92. The summed E-state index contributed by atoms with van der Waals surface area (Å²) < 4.78 is 32.8. The zero-order valence-electron chi connectivity index (χ0n) is 16.1. The van der Waals surface area contributed by atoms with E-state index in [4.69, 9.17) is 4.74 Å². The normalized spacial score (nSPS) is 11.1. The number of sulfonamides is 1. The summed E-state index contributed by atoms with van der Waals surface area (Å²) in [4.78, 5) is 12.4. The third-order valence-electron chi connectivity index (χ3n) is 4.05. The minimum Gasteiger partial charge on any atom is -0.497 e. The number of carbonyl (C=O) groups excluding carboxylic acids is 1. The van der Waals surface area contributed by atoms with Gasteiger partial charge >= 0.3 is 0 Å². The highest BCUT2D eigenvalue weighted by Crippen LogP contribution is 2.17. The predicted octanol–water partition coefficient (Wildman–Crippen LogP) is 3.28. The van der Waals surface area contributed by atoms with E-state index in [9.17, 15) is 13.2 Å². The van der Waals surface area contributed by atoms with E-state index in [1.165, 1.54) is 0 Å². The number of rotatable bonds is 8. The fourth-order valence-electron chi connectivity index (χ4n) is 2.64.